The number of benzene rings is 2. The topological polar surface area (TPSA) is 39.2 Å². The quantitative estimate of drug-likeness (QED) is 0.640. The maximum Gasteiger partial charge on any atom is 0.308 e. The summed E-state index contributed by atoms with van der Waals surface area (Å²) in [5, 5.41) is 0.805. The Balaban J connectivity index is 2.32. The minimum absolute atomic E-state index is 0.355. The van der Waals surface area contributed by atoms with Gasteiger partial charge in [0.15, 0.2) is 5.75 Å². The highest BCUT2D eigenvalue weighted by Crippen LogP contribution is 2.39. The number of para-hydroxylation sites is 1. The lowest BCUT2D eigenvalue weighted by Crippen LogP contribution is -2.04. The van der Waals surface area contributed by atoms with E-state index in [9.17, 15) is 4.79 Å². The summed E-state index contributed by atoms with van der Waals surface area (Å²) in [5.74, 6) is 0.151. The van der Waals surface area contributed by atoms with Crippen LogP contribution in [0, 0.1) is 0 Å². The number of esters is 1. The largest absolute Gasteiger partial charge is 0.425 e. The van der Waals surface area contributed by atoms with Crippen LogP contribution in [0.3, 0.4) is 0 Å². The summed E-state index contributed by atoms with van der Waals surface area (Å²) >= 11 is 3.53. The van der Waals surface area contributed by atoms with E-state index in [0.717, 1.165) is 22.2 Å². The van der Waals surface area contributed by atoms with Crippen LogP contribution in [-0.2, 0) is 4.79 Å². The number of ether oxygens (including phenoxy) is 1. The molecule has 0 unspecified atom stereocenters. The van der Waals surface area contributed by atoms with E-state index < -0.39 is 0 Å². The molecule has 2 aromatic carbocycles. The van der Waals surface area contributed by atoms with Crippen molar-refractivity contribution >= 4 is 32.8 Å². The summed E-state index contributed by atoms with van der Waals surface area (Å²) in [5.41, 5.74) is 2.50. The van der Waals surface area contributed by atoms with Crippen LogP contribution in [0.1, 0.15) is 6.92 Å². The molecule has 104 valence electrons. The van der Waals surface area contributed by atoms with E-state index in [2.05, 4.69) is 20.9 Å². The van der Waals surface area contributed by atoms with Crippen LogP contribution in [0.2, 0.25) is 0 Å². The second-order valence-electron chi connectivity index (χ2n) is 4.58. The van der Waals surface area contributed by atoms with Gasteiger partial charge in [0, 0.05) is 17.9 Å². The third kappa shape index (κ3) is 2.67. The Bertz CT molecular complexity index is 816. The van der Waals surface area contributed by atoms with Gasteiger partial charge in [-0.25, -0.2) is 4.98 Å². The third-order valence-electron chi connectivity index (χ3n) is 3.08. The molecule has 0 radical (unpaired) electrons. The highest BCUT2D eigenvalue weighted by Gasteiger charge is 2.16. The summed E-state index contributed by atoms with van der Waals surface area (Å²) in [6.07, 6.45) is 0. The lowest BCUT2D eigenvalue weighted by atomic mass is 10.1. The molecule has 0 atom stereocenters. The van der Waals surface area contributed by atoms with Gasteiger partial charge in [-0.3, -0.25) is 4.79 Å². The number of rotatable bonds is 2. The van der Waals surface area contributed by atoms with Crippen LogP contribution in [0.15, 0.2) is 59.1 Å². The highest BCUT2D eigenvalue weighted by molar-refractivity contribution is 9.10. The zero-order valence-corrected chi connectivity index (χ0v) is 12.9. The first kappa shape index (κ1) is 13.8. The minimum Gasteiger partial charge on any atom is -0.425 e. The Morgan fingerprint density at radius 1 is 1.05 bits per heavy atom. The van der Waals surface area contributed by atoms with E-state index in [-0.39, 0.29) is 5.97 Å². The van der Waals surface area contributed by atoms with Gasteiger partial charge in [0.25, 0.3) is 0 Å². The maximum atomic E-state index is 11.4. The fourth-order valence-corrected chi connectivity index (χ4v) is 2.80. The predicted molar refractivity (Wildman–Crippen MR) is 86.2 cm³/mol. The molecule has 0 amide bonds. The standard InChI is InChI=1S/C17H12BrNO2/c1-11(20)21-17-13-9-5-6-10-14(13)19-16(15(17)18)12-7-3-2-4-8-12/h2-10H,1H3. The SMILES string of the molecule is CC(=O)Oc1c(Br)c(-c2ccccc2)nc2ccccc12. The van der Waals surface area contributed by atoms with Gasteiger partial charge >= 0.3 is 5.97 Å². The summed E-state index contributed by atoms with van der Waals surface area (Å²) < 4.78 is 6.08. The molecule has 0 saturated heterocycles. The van der Waals surface area contributed by atoms with Crippen molar-refractivity contribution in [2.24, 2.45) is 0 Å². The van der Waals surface area contributed by atoms with Gasteiger partial charge in [0.1, 0.15) is 0 Å². The fourth-order valence-electron chi connectivity index (χ4n) is 2.19. The van der Waals surface area contributed by atoms with Gasteiger partial charge in [-0.2, -0.15) is 0 Å². The van der Waals surface area contributed by atoms with Gasteiger partial charge in [0.05, 0.1) is 15.7 Å². The third-order valence-corrected chi connectivity index (χ3v) is 3.82. The number of hydrogen-bond acceptors (Lipinski definition) is 3. The van der Waals surface area contributed by atoms with Crippen LogP contribution < -0.4 is 4.74 Å². The number of halogens is 1. The van der Waals surface area contributed by atoms with Crippen molar-refractivity contribution in [3.8, 4) is 17.0 Å². The smallest absolute Gasteiger partial charge is 0.308 e. The molecular formula is C17H12BrNO2. The summed E-state index contributed by atoms with van der Waals surface area (Å²) in [4.78, 5) is 16.1. The second kappa shape index (κ2) is 5.66. The number of fused-ring (bicyclic) bond motifs is 1. The number of carbonyl (C=O) groups excluding carboxylic acids is 1. The van der Waals surface area contributed by atoms with Gasteiger partial charge in [-0.1, -0.05) is 42.5 Å². The number of pyridine rings is 1. The average Bonchev–Trinajstić information content (AvgIpc) is 2.50. The van der Waals surface area contributed by atoms with Crippen molar-refractivity contribution in [2.75, 3.05) is 0 Å². The predicted octanol–water partition coefficient (Wildman–Crippen LogP) is 4.59. The molecule has 0 aliphatic carbocycles. The molecule has 0 aliphatic heterocycles. The lowest BCUT2D eigenvalue weighted by Gasteiger charge is -2.12. The number of nitrogens with zero attached hydrogens (tertiary/aromatic N) is 1. The first-order valence-corrected chi connectivity index (χ1v) is 7.28. The first-order chi connectivity index (χ1) is 10.2. The van der Waals surface area contributed by atoms with Crippen LogP contribution in [-0.4, -0.2) is 11.0 Å². The van der Waals surface area contributed by atoms with Crippen LogP contribution in [0.4, 0.5) is 0 Å². The zero-order chi connectivity index (χ0) is 14.8. The average molecular weight is 342 g/mol. The van der Waals surface area contributed by atoms with Crippen LogP contribution >= 0.6 is 15.9 Å². The first-order valence-electron chi connectivity index (χ1n) is 6.49. The van der Waals surface area contributed by atoms with Crippen LogP contribution in [0.5, 0.6) is 5.75 Å². The Labute approximate surface area is 130 Å². The normalized spacial score (nSPS) is 10.6. The number of aromatic nitrogens is 1. The zero-order valence-electron chi connectivity index (χ0n) is 11.3. The van der Waals surface area contributed by atoms with E-state index >= 15 is 0 Å². The van der Waals surface area contributed by atoms with E-state index in [1.807, 2.05) is 54.6 Å². The summed E-state index contributed by atoms with van der Waals surface area (Å²) in [6.45, 7) is 1.39. The lowest BCUT2D eigenvalue weighted by molar-refractivity contribution is -0.131. The fraction of sp³-hybridized carbons (Fsp3) is 0.0588. The molecule has 4 heteroatoms. The van der Waals surface area contributed by atoms with Crippen molar-refractivity contribution < 1.29 is 9.53 Å². The molecule has 0 N–H and O–H groups in total. The maximum absolute atomic E-state index is 11.4. The molecule has 1 aromatic heterocycles. The molecule has 3 rings (SSSR count). The van der Waals surface area contributed by atoms with Gasteiger partial charge in [-0.15, -0.1) is 0 Å². The van der Waals surface area contributed by atoms with Gasteiger partial charge < -0.3 is 4.74 Å². The molecule has 0 fully saturated rings. The Hall–Kier alpha value is -2.20. The molecular weight excluding hydrogens is 330 g/mol. The van der Waals surface area contributed by atoms with Gasteiger partial charge in [-0.05, 0) is 28.1 Å². The van der Waals surface area contributed by atoms with Gasteiger partial charge in [0.2, 0.25) is 0 Å². The molecule has 1 heterocycles. The molecule has 0 bridgehead atoms. The van der Waals surface area contributed by atoms with Crippen molar-refractivity contribution in [1.82, 2.24) is 4.98 Å². The molecule has 0 spiro atoms. The Morgan fingerprint density at radius 2 is 1.71 bits per heavy atom. The molecule has 3 nitrogen and oxygen atoms in total. The van der Waals surface area contributed by atoms with E-state index in [1.54, 1.807) is 0 Å². The van der Waals surface area contributed by atoms with E-state index in [4.69, 9.17) is 4.74 Å². The Kier molecular flexibility index (Phi) is 3.71. The number of carbonyl (C=O) groups is 1. The van der Waals surface area contributed by atoms with Crippen molar-refractivity contribution in [1.29, 1.82) is 0 Å². The Morgan fingerprint density at radius 3 is 2.43 bits per heavy atom. The van der Waals surface area contributed by atoms with Crippen molar-refractivity contribution in [2.45, 2.75) is 6.92 Å². The molecule has 3 aromatic rings. The minimum atomic E-state index is -0.355. The van der Waals surface area contributed by atoms with Crippen molar-refractivity contribution in [3.63, 3.8) is 0 Å². The summed E-state index contributed by atoms with van der Waals surface area (Å²) in [6, 6.07) is 17.4. The van der Waals surface area contributed by atoms with Crippen molar-refractivity contribution in [3.05, 3.63) is 59.1 Å². The molecule has 0 aliphatic rings. The van der Waals surface area contributed by atoms with E-state index in [1.165, 1.54) is 6.92 Å². The molecule has 0 saturated carbocycles. The van der Waals surface area contributed by atoms with Crippen LogP contribution in [0.25, 0.3) is 22.2 Å². The monoisotopic (exact) mass is 341 g/mol. The molecule has 21 heavy (non-hydrogen) atoms. The highest BCUT2D eigenvalue weighted by atomic mass is 79.9. The second-order valence-corrected chi connectivity index (χ2v) is 5.37. The summed E-state index contributed by atoms with van der Waals surface area (Å²) in [7, 11) is 0. The van der Waals surface area contributed by atoms with E-state index in [0.29, 0.717) is 10.2 Å². The number of hydrogen-bond donors (Lipinski definition) is 0.